The minimum Gasteiger partial charge on any atom is -0.354 e. The normalized spacial score (nSPS) is 17.3. The first-order valence-electron chi connectivity index (χ1n) is 9.85. The molecule has 0 radical (unpaired) electrons. The van der Waals surface area contributed by atoms with Gasteiger partial charge in [0.15, 0.2) is 0 Å². The fraction of sp³-hybridized carbons (Fsp3) is 0.650. The van der Waals surface area contributed by atoms with Gasteiger partial charge < -0.3 is 15.1 Å². The van der Waals surface area contributed by atoms with Crippen molar-refractivity contribution in [2.45, 2.75) is 33.2 Å². The minimum absolute atomic E-state index is 0.273. The number of rotatable bonds is 8. The molecule has 0 unspecified atom stereocenters. The molecule has 1 fully saturated rings. The third kappa shape index (κ3) is 6.18. The number of aryl methyl sites for hydroxylation is 2. The SMILES string of the molecule is Cc1ccc(C)c(N([C@@H](C)C(=O)NCCCN2CCN(C)CC2)S(C)(=O)=O)c1. The summed E-state index contributed by atoms with van der Waals surface area (Å²) in [6.07, 6.45) is 2.00. The minimum atomic E-state index is -3.59. The van der Waals surface area contributed by atoms with Crippen LogP contribution >= 0.6 is 0 Å². The molecule has 1 atom stereocenters. The van der Waals surface area contributed by atoms with Gasteiger partial charge in [-0.2, -0.15) is 0 Å². The number of sulfonamides is 1. The molecule has 1 heterocycles. The third-order valence-corrected chi connectivity index (χ3v) is 6.46. The average Bonchev–Trinajstić information content (AvgIpc) is 2.62. The highest BCUT2D eigenvalue weighted by atomic mass is 32.2. The number of benzene rings is 1. The maximum atomic E-state index is 12.7. The molecule has 0 aromatic heterocycles. The van der Waals surface area contributed by atoms with E-state index in [4.69, 9.17) is 0 Å². The summed E-state index contributed by atoms with van der Waals surface area (Å²) < 4.78 is 26.1. The van der Waals surface area contributed by atoms with Crippen molar-refractivity contribution in [2.24, 2.45) is 0 Å². The van der Waals surface area contributed by atoms with Gasteiger partial charge in [-0.1, -0.05) is 12.1 Å². The zero-order valence-corrected chi connectivity index (χ0v) is 18.6. The predicted molar refractivity (Wildman–Crippen MR) is 114 cm³/mol. The molecule has 1 aromatic carbocycles. The monoisotopic (exact) mass is 410 g/mol. The molecule has 8 heteroatoms. The number of carbonyl (C=O) groups excluding carboxylic acids is 1. The largest absolute Gasteiger partial charge is 0.354 e. The highest BCUT2D eigenvalue weighted by molar-refractivity contribution is 7.92. The molecule has 0 bridgehead atoms. The Bertz CT molecular complexity index is 774. The molecule has 0 aliphatic carbocycles. The quantitative estimate of drug-likeness (QED) is 0.652. The molecule has 158 valence electrons. The van der Waals surface area contributed by atoms with Gasteiger partial charge in [-0.3, -0.25) is 9.10 Å². The predicted octanol–water partition coefficient (Wildman–Crippen LogP) is 1.21. The van der Waals surface area contributed by atoms with Crippen molar-refractivity contribution < 1.29 is 13.2 Å². The molecule has 1 aliphatic rings. The molecule has 0 spiro atoms. The van der Waals surface area contributed by atoms with Crippen LogP contribution in [0, 0.1) is 13.8 Å². The first-order chi connectivity index (χ1) is 13.1. The van der Waals surface area contributed by atoms with E-state index in [1.165, 1.54) is 4.31 Å². The van der Waals surface area contributed by atoms with Crippen molar-refractivity contribution in [1.29, 1.82) is 0 Å². The van der Waals surface area contributed by atoms with Gasteiger partial charge in [-0.25, -0.2) is 8.42 Å². The molecule has 1 aliphatic heterocycles. The number of piperazine rings is 1. The van der Waals surface area contributed by atoms with E-state index in [9.17, 15) is 13.2 Å². The molecular weight excluding hydrogens is 376 g/mol. The lowest BCUT2D eigenvalue weighted by Crippen LogP contribution is -2.49. The molecule has 2 rings (SSSR count). The van der Waals surface area contributed by atoms with Crippen LogP contribution in [0.5, 0.6) is 0 Å². The highest BCUT2D eigenvalue weighted by Gasteiger charge is 2.30. The first kappa shape index (κ1) is 22.6. The van der Waals surface area contributed by atoms with E-state index >= 15 is 0 Å². The number of anilines is 1. The van der Waals surface area contributed by atoms with Gasteiger partial charge >= 0.3 is 0 Å². The summed E-state index contributed by atoms with van der Waals surface area (Å²) in [5.74, 6) is -0.273. The van der Waals surface area contributed by atoms with Crippen LogP contribution in [0.3, 0.4) is 0 Å². The van der Waals surface area contributed by atoms with Crippen LogP contribution in [0.2, 0.25) is 0 Å². The van der Waals surface area contributed by atoms with Gasteiger partial charge in [0.05, 0.1) is 11.9 Å². The Labute approximate surface area is 169 Å². The Balaban J connectivity index is 1.95. The lowest BCUT2D eigenvalue weighted by Gasteiger charge is -2.32. The maximum Gasteiger partial charge on any atom is 0.243 e. The molecule has 7 nitrogen and oxygen atoms in total. The van der Waals surface area contributed by atoms with E-state index < -0.39 is 16.1 Å². The lowest BCUT2D eigenvalue weighted by atomic mass is 10.1. The van der Waals surface area contributed by atoms with Crippen LogP contribution in [-0.4, -0.2) is 82.7 Å². The molecular formula is C20H34N4O3S. The highest BCUT2D eigenvalue weighted by Crippen LogP contribution is 2.26. The molecule has 28 heavy (non-hydrogen) atoms. The first-order valence-corrected chi connectivity index (χ1v) is 11.7. The van der Waals surface area contributed by atoms with E-state index in [-0.39, 0.29) is 5.91 Å². The fourth-order valence-corrected chi connectivity index (χ4v) is 4.70. The Morgan fingerprint density at radius 2 is 1.86 bits per heavy atom. The smallest absolute Gasteiger partial charge is 0.243 e. The summed E-state index contributed by atoms with van der Waals surface area (Å²) in [7, 11) is -1.47. The zero-order valence-electron chi connectivity index (χ0n) is 17.7. The van der Waals surface area contributed by atoms with E-state index in [0.717, 1.165) is 56.5 Å². The summed E-state index contributed by atoms with van der Waals surface area (Å²) in [5, 5.41) is 2.91. The summed E-state index contributed by atoms with van der Waals surface area (Å²) in [6.45, 7) is 11.1. The van der Waals surface area contributed by atoms with Crippen LogP contribution in [0.1, 0.15) is 24.5 Å². The molecule has 1 N–H and O–H groups in total. The Morgan fingerprint density at radius 1 is 1.21 bits per heavy atom. The van der Waals surface area contributed by atoms with Gasteiger partial charge in [-0.15, -0.1) is 0 Å². The number of nitrogens with zero attached hydrogens (tertiary/aromatic N) is 3. The number of carbonyl (C=O) groups is 1. The average molecular weight is 411 g/mol. The third-order valence-electron chi connectivity index (χ3n) is 5.24. The number of nitrogens with one attached hydrogen (secondary N) is 1. The van der Waals surface area contributed by atoms with Crippen LogP contribution in [-0.2, 0) is 14.8 Å². The number of likely N-dealkylation sites (N-methyl/N-ethyl adjacent to an activating group) is 1. The topological polar surface area (TPSA) is 73.0 Å². The molecule has 1 aromatic rings. The number of amides is 1. The van der Waals surface area contributed by atoms with Crippen LogP contribution in [0.25, 0.3) is 0 Å². The fourth-order valence-electron chi connectivity index (χ4n) is 3.47. The van der Waals surface area contributed by atoms with E-state index in [2.05, 4.69) is 22.2 Å². The summed E-state index contributed by atoms with van der Waals surface area (Å²) in [5.41, 5.74) is 2.34. The summed E-state index contributed by atoms with van der Waals surface area (Å²) in [6, 6.07) is 4.82. The van der Waals surface area contributed by atoms with Crippen molar-refractivity contribution in [2.75, 3.05) is 56.9 Å². The van der Waals surface area contributed by atoms with Crippen molar-refractivity contribution in [3.8, 4) is 0 Å². The van der Waals surface area contributed by atoms with Crippen molar-refractivity contribution in [3.05, 3.63) is 29.3 Å². The zero-order chi connectivity index (χ0) is 20.9. The molecule has 1 saturated heterocycles. The van der Waals surface area contributed by atoms with Crippen molar-refractivity contribution in [3.63, 3.8) is 0 Å². The second-order valence-electron chi connectivity index (χ2n) is 7.81. The van der Waals surface area contributed by atoms with Gasteiger partial charge in [-0.05, 0) is 58.0 Å². The number of hydrogen-bond donors (Lipinski definition) is 1. The second-order valence-corrected chi connectivity index (χ2v) is 9.67. The molecule has 1 amide bonds. The van der Waals surface area contributed by atoms with E-state index in [1.54, 1.807) is 6.92 Å². The van der Waals surface area contributed by atoms with Gasteiger partial charge in [0.2, 0.25) is 15.9 Å². The van der Waals surface area contributed by atoms with Crippen molar-refractivity contribution >= 4 is 21.6 Å². The van der Waals surface area contributed by atoms with Gasteiger partial charge in [0.25, 0.3) is 0 Å². The standard InChI is InChI=1S/C20H34N4O3S/c1-16-7-8-17(2)19(15-16)24(28(5,26)27)18(3)20(25)21-9-6-10-23-13-11-22(4)12-14-23/h7-8,15,18H,6,9-14H2,1-5H3,(H,21,25)/t18-/m0/s1. The molecule has 0 saturated carbocycles. The van der Waals surface area contributed by atoms with Crippen LogP contribution in [0.4, 0.5) is 5.69 Å². The van der Waals surface area contributed by atoms with Gasteiger partial charge in [0, 0.05) is 32.7 Å². The Hall–Kier alpha value is -1.64. The Kier molecular flexibility index (Phi) is 7.86. The van der Waals surface area contributed by atoms with Crippen LogP contribution < -0.4 is 9.62 Å². The second kappa shape index (κ2) is 9.71. The van der Waals surface area contributed by atoms with E-state index in [1.807, 2.05) is 32.0 Å². The summed E-state index contributed by atoms with van der Waals surface area (Å²) >= 11 is 0. The number of hydrogen-bond acceptors (Lipinski definition) is 5. The maximum absolute atomic E-state index is 12.7. The summed E-state index contributed by atoms with van der Waals surface area (Å²) in [4.78, 5) is 17.4. The van der Waals surface area contributed by atoms with Crippen molar-refractivity contribution in [1.82, 2.24) is 15.1 Å². The van der Waals surface area contributed by atoms with E-state index in [0.29, 0.717) is 12.2 Å². The lowest BCUT2D eigenvalue weighted by molar-refractivity contribution is -0.121. The van der Waals surface area contributed by atoms with Gasteiger partial charge in [0.1, 0.15) is 6.04 Å². The van der Waals surface area contributed by atoms with Crippen LogP contribution in [0.15, 0.2) is 18.2 Å². The Morgan fingerprint density at radius 3 is 2.46 bits per heavy atom.